The number of rotatable bonds is 1. The van der Waals surface area contributed by atoms with Gasteiger partial charge in [0.2, 0.25) is 0 Å². The predicted octanol–water partition coefficient (Wildman–Crippen LogP) is 4.34. The van der Waals surface area contributed by atoms with E-state index in [1.165, 1.54) is 16.7 Å². The first kappa shape index (κ1) is 17.5. The van der Waals surface area contributed by atoms with E-state index >= 15 is 0 Å². The highest BCUT2D eigenvalue weighted by Gasteiger charge is 2.24. The van der Waals surface area contributed by atoms with Crippen molar-refractivity contribution in [2.24, 2.45) is 12.0 Å². The van der Waals surface area contributed by atoms with Crippen molar-refractivity contribution in [2.45, 2.75) is 13.0 Å². The van der Waals surface area contributed by atoms with Gasteiger partial charge in [-0.2, -0.15) is 0 Å². The fraction of sp³-hybridized carbons (Fsp3) is 0.143. The highest BCUT2D eigenvalue weighted by molar-refractivity contribution is 6.34. The number of nitrogen functional groups attached to an aromatic ring is 1. The largest absolute Gasteiger partial charge is 0.398 e. The molecule has 1 atom stereocenters. The molecule has 4 rings (SSSR count). The summed E-state index contributed by atoms with van der Waals surface area (Å²) in [7, 11) is 1.71. The second-order valence-electron chi connectivity index (χ2n) is 6.67. The van der Waals surface area contributed by atoms with Gasteiger partial charge in [0, 0.05) is 36.0 Å². The van der Waals surface area contributed by atoms with Gasteiger partial charge in [0.15, 0.2) is 0 Å². The van der Waals surface area contributed by atoms with Crippen molar-refractivity contribution in [1.82, 2.24) is 4.57 Å². The summed E-state index contributed by atoms with van der Waals surface area (Å²) >= 11 is 6.30. The number of hydrogen-bond acceptors (Lipinski definition) is 3. The first-order valence-corrected chi connectivity index (χ1v) is 8.87. The van der Waals surface area contributed by atoms with E-state index in [0.29, 0.717) is 16.4 Å². The Labute approximate surface area is 160 Å². The first-order valence-electron chi connectivity index (χ1n) is 8.49. The molecule has 1 aliphatic rings. The van der Waals surface area contributed by atoms with Crippen LogP contribution in [-0.4, -0.2) is 10.3 Å². The molecule has 0 spiro atoms. The summed E-state index contributed by atoms with van der Waals surface area (Å²) in [5.41, 5.74) is 11.2. The number of halogens is 2. The Morgan fingerprint density at radius 1 is 1.11 bits per heavy atom. The van der Waals surface area contributed by atoms with Crippen molar-refractivity contribution < 1.29 is 4.39 Å². The number of fused-ring (bicyclic) bond motifs is 3. The van der Waals surface area contributed by atoms with E-state index in [-0.39, 0.29) is 17.4 Å². The molecule has 1 aliphatic heterocycles. The normalized spacial score (nSPS) is 15.6. The molecule has 0 fully saturated rings. The molecular weight excluding hydrogens is 365 g/mol. The maximum atomic E-state index is 13.4. The molecule has 3 aromatic rings. The minimum atomic E-state index is -0.317. The minimum absolute atomic E-state index is 0.107. The lowest BCUT2D eigenvalue weighted by Gasteiger charge is -2.14. The Bertz CT molecular complexity index is 1150. The van der Waals surface area contributed by atoms with Gasteiger partial charge in [0.05, 0.1) is 22.5 Å². The molecule has 4 nitrogen and oxygen atoms in total. The van der Waals surface area contributed by atoms with E-state index in [4.69, 9.17) is 22.3 Å². The van der Waals surface area contributed by atoms with Gasteiger partial charge >= 0.3 is 0 Å². The summed E-state index contributed by atoms with van der Waals surface area (Å²) in [6.45, 7) is 1.93. The molecule has 0 aliphatic carbocycles. The Balaban J connectivity index is 2.08. The van der Waals surface area contributed by atoms with Crippen LogP contribution in [0.1, 0.15) is 29.7 Å². The van der Waals surface area contributed by atoms with Crippen LogP contribution in [-0.2, 0) is 7.05 Å². The van der Waals surface area contributed by atoms with E-state index in [9.17, 15) is 9.18 Å². The molecule has 2 aromatic carbocycles. The highest BCUT2D eigenvalue weighted by Crippen LogP contribution is 2.39. The SMILES string of the molecule is C[C@@H]1N=C(c2ccc(F)cc2)c2cc(Cl)c(N)cc2-c2cn(C)c(=O)cc21. The Hall–Kier alpha value is -2.92. The first-order chi connectivity index (χ1) is 12.8. The molecule has 6 heteroatoms. The quantitative estimate of drug-likeness (QED) is 0.637. The third kappa shape index (κ3) is 2.94. The summed E-state index contributed by atoms with van der Waals surface area (Å²) in [5.74, 6) is -0.317. The van der Waals surface area contributed by atoms with Crippen LogP contribution in [0.3, 0.4) is 0 Å². The maximum Gasteiger partial charge on any atom is 0.250 e. The van der Waals surface area contributed by atoms with Gasteiger partial charge in [-0.25, -0.2) is 4.39 Å². The minimum Gasteiger partial charge on any atom is -0.398 e. The zero-order chi connectivity index (χ0) is 19.3. The maximum absolute atomic E-state index is 13.4. The number of hydrogen-bond donors (Lipinski definition) is 1. The van der Waals surface area contributed by atoms with E-state index in [0.717, 1.165) is 27.8 Å². The molecule has 0 saturated heterocycles. The van der Waals surface area contributed by atoms with Crippen molar-refractivity contribution in [1.29, 1.82) is 0 Å². The summed E-state index contributed by atoms with van der Waals surface area (Å²) in [5, 5.41) is 0.421. The molecule has 0 unspecified atom stereocenters. The fourth-order valence-electron chi connectivity index (χ4n) is 3.39. The Morgan fingerprint density at radius 2 is 1.81 bits per heavy atom. The van der Waals surface area contributed by atoms with Crippen LogP contribution >= 0.6 is 11.6 Å². The standard InChI is InChI=1S/C21H17ClFN3O/c1-11-14-9-20(27)26(2)10-17(14)15-8-19(24)18(22)7-16(15)21(25-11)12-3-5-13(23)6-4-12/h3-11H,24H2,1-2H3/t11-/m0/s1. The molecule has 0 amide bonds. The highest BCUT2D eigenvalue weighted by atomic mass is 35.5. The van der Waals surface area contributed by atoms with Crippen molar-refractivity contribution in [2.75, 3.05) is 5.73 Å². The number of aliphatic imine (C=N–C) groups is 1. The van der Waals surface area contributed by atoms with Gasteiger partial charge in [0.1, 0.15) is 5.82 Å². The molecule has 2 heterocycles. The van der Waals surface area contributed by atoms with Crippen LogP contribution in [0, 0.1) is 5.82 Å². The van der Waals surface area contributed by atoms with Crippen LogP contribution in [0.2, 0.25) is 5.02 Å². The molecule has 2 N–H and O–H groups in total. The fourth-order valence-corrected chi connectivity index (χ4v) is 3.56. The monoisotopic (exact) mass is 381 g/mol. The lowest BCUT2D eigenvalue weighted by atomic mass is 9.92. The molecule has 0 radical (unpaired) electrons. The lowest BCUT2D eigenvalue weighted by molar-refractivity contribution is 0.628. The number of benzene rings is 2. The van der Waals surface area contributed by atoms with Gasteiger partial charge < -0.3 is 10.3 Å². The van der Waals surface area contributed by atoms with Crippen molar-refractivity contribution >= 4 is 23.0 Å². The van der Waals surface area contributed by atoms with E-state index in [1.807, 2.05) is 6.92 Å². The molecule has 1 aromatic heterocycles. The second-order valence-corrected chi connectivity index (χ2v) is 7.08. The van der Waals surface area contributed by atoms with Crippen molar-refractivity contribution in [3.8, 4) is 11.1 Å². The third-order valence-corrected chi connectivity index (χ3v) is 5.16. The number of anilines is 1. The van der Waals surface area contributed by atoms with E-state index in [2.05, 4.69) is 0 Å². The van der Waals surface area contributed by atoms with Crippen molar-refractivity contribution in [3.63, 3.8) is 0 Å². The third-order valence-electron chi connectivity index (χ3n) is 4.83. The van der Waals surface area contributed by atoms with Gasteiger partial charge in [0.25, 0.3) is 5.56 Å². The average Bonchev–Trinajstić information content (AvgIpc) is 2.73. The summed E-state index contributed by atoms with van der Waals surface area (Å²) < 4.78 is 14.9. The van der Waals surface area contributed by atoms with Gasteiger partial charge in [-0.1, -0.05) is 11.6 Å². The number of nitrogens with zero attached hydrogens (tertiary/aromatic N) is 2. The van der Waals surface area contributed by atoms with Gasteiger partial charge in [-0.3, -0.25) is 9.79 Å². The van der Waals surface area contributed by atoms with Crippen LogP contribution in [0.15, 0.2) is 58.4 Å². The summed E-state index contributed by atoms with van der Waals surface area (Å²) in [4.78, 5) is 17.0. The van der Waals surface area contributed by atoms with E-state index in [1.54, 1.807) is 43.6 Å². The van der Waals surface area contributed by atoms with Gasteiger partial charge in [-0.15, -0.1) is 0 Å². The molecular formula is C21H17ClFN3O. The number of aromatic nitrogens is 1. The Morgan fingerprint density at radius 3 is 2.52 bits per heavy atom. The molecule has 0 bridgehead atoms. The lowest BCUT2D eigenvalue weighted by Crippen LogP contribution is -2.17. The van der Waals surface area contributed by atoms with E-state index < -0.39 is 0 Å². The van der Waals surface area contributed by atoms with Crippen LogP contribution in [0.25, 0.3) is 11.1 Å². The number of nitrogens with two attached hydrogens (primary N) is 1. The Kier molecular flexibility index (Phi) is 4.12. The topological polar surface area (TPSA) is 60.4 Å². The summed E-state index contributed by atoms with van der Waals surface area (Å²) in [6.07, 6.45) is 1.80. The second kappa shape index (κ2) is 6.35. The van der Waals surface area contributed by atoms with Crippen LogP contribution < -0.4 is 11.3 Å². The molecule has 136 valence electrons. The predicted molar refractivity (Wildman–Crippen MR) is 107 cm³/mol. The van der Waals surface area contributed by atoms with Gasteiger partial charge in [-0.05, 0) is 54.4 Å². The zero-order valence-corrected chi connectivity index (χ0v) is 15.6. The zero-order valence-electron chi connectivity index (χ0n) is 14.8. The van der Waals surface area contributed by atoms with Crippen molar-refractivity contribution in [3.05, 3.63) is 86.5 Å². The molecule has 27 heavy (non-hydrogen) atoms. The average molecular weight is 382 g/mol. The van der Waals surface area contributed by atoms with Crippen LogP contribution in [0.5, 0.6) is 0 Å². The number of pyridine rings is 1. The van der Waals surface area contributed by atoms with Crippen LogP contribution in [0.4, 0.5) is 10.1 Å². The summed E-state index contributed by atoms with van der Waals surface area (Å²) in [6, 6.07) is 11.1. The molecule has 0 saturated carbocycles. The number of aryl methyl sites for hydroxylation is 1. The smallest absolute Gasteiger partial charge is 0.250 e.